The van der Waals surface area contributed by atoms with Gasteiger partial charge in [-0.1, -0.05) is 44.5 Å². The van der Waals surface area contributed by atoms with Gasteiger partial charge < -0.3 is 15.8 Å². The molecular weight excluding hydrogens is 384 g/mol. The molecule has 0 aliphatic carbocycles. The lowest BCUT2D eigenvalue weighted by Crippen LogP contribution is -2.18. The maximum atomic E-state index is 9.40. The second kappa shape index (κ2) is 20.3. The van der Waals surface area contributed by atoms with Gasteiger partial charge in [0.25, 0.3) is 0 Å². The van der Waals surface area contributed by atoms with Crippen molar-refractivity contribution in [3.05, 3.63) is 70.8 Å². The number of nitrogens with one attached hydrogen (secondary N) is 1. The predicted octanol–water partition coefficient (Wildman–Crippen LogP) is 4.54. The van der Waals surface area contributed by atoms with Crippen molar-refractivity contribution < 1.29 is 4.79 Å². The van der Waals surface area contributed by atoms with E-state index >= 15 is 0 Å². The molecule has 5 nitrogen and oxygen atoms in total. The number of nitrogens with two attached hydrogens (primary N) is 1. The number of unbranched alkanes of at least 4 members (excludes halogenated alkanes) is 2. The van der Waals surface area contributed by atoms with Gasteiger partial charge in [-0.15, -0.1) is 0 Å². The summed E-state index contributed by atoms with van der Waals surface area (Å²) in [6, 6.07) is 19.5. The van der Waals surface area contributed by atoms with Gasteiger partial charge in [-0.3, -0.25) is 0 Å². The van der Waals surface area contributed by atoms with Crippen molar-refractivity contribution in [3.63, 3.8) is 0 Å². The van der Waals surface area contributed by atoms with Gasteiger partial charge in [0.05, 0.1) is 23.3 Å². The molecule has 0 saturated heterocycles. The molecule has 2 rings (SSSR count). The maximum absolute atomic E-state index is 9.40. The number of hydrogen-bond donors (Lipinski definition) is 2. The van der Waals surface area contributed by atoms with Gasteiger partial charge in [0, 0.05) is 6.42 Å². The molecule has 3 N–H and O–H groups in total. The Bertz CT molecular complexity index is 771. The van der Waals surface area contributed by atoms with Crippen LogP contribution in [-0.4, -0.2) is 25.9 Å². The van der Waals surface area contributed by atoms with Crippen molar-refractivity contribution in [2.75, 3.05) is 19.6 Å². The summed E-state index contributed by atoms with van der Waals surface area (Å²) in [6.45, 7) is 6.96. The minimum absolute atomic E-state index is 0.659. The molecule has 0 unspecified atom stereocenters. The van der Waals surface area contributed by atoms with Crippen LogP contribution in [0.5, 0.6) is 0 Å². The monoisotopic (exact) mass is 420 g/mol. The molecule has 0 aliphatic heterocycles. The quantitative estimate of drug-likeness (QED) is 0.434. The van der Waals surface area contributed by atoms with Crippen LogP contribution >= 0.6 is 0 Å². The molecule has 0 amide bonds. The van der Waals surface area contributed by atoms with E-state index < -0.39 is 0 Å². The van der Waals surface area contributed by atoms with Gasteiger partial charge in [-0.25, -0.2) is 0 Å². The molecule has 0 aliphatic rings. The molecule has 0 spiro atoms. The highest BCUT2D eigenvalue weighted by Crippen LogP contribution is 2.04. The molecular formula is C26H36N4O. The van der Waals surface area contributed by atoms with Crippen LogP contribution in [0.1, 0.15) is 61.8 Å². The van der Waals surface area contributed by atoms with Gasteiger partial charge >= 0.3 is 0 Å². The largest absolute Gasteiger partial charge is 0.330 e. The highest BCUT2D eigenvalue weighted by Gasteiger charge is 1.94. The van der Waals surface area contributed by atoms with E-state index in [4.69, 9.17) is 16.3 Å². The first-order valence-corrected chi connectivity index (χ1v) is 11.0. The first kappa shape index (κ1) is 28.0. The van der Waals surface area contributed by atoms with Gasteiger partial charge in [-0.2, -0.15) is 10.5 Å². The summed E-state index contributed by atoms with van der Waals surface area (Å²) in [5, 5.41) is 20.5. The molecule has 2 aromatic rings. The highest BCUT2D eigenvalue weighted by molar-refractivity contribution is 5.48. The fraction of sp³-hybridized carbons (Fsp3) is 0.423. The molecule has 0 aromatic heterocycles. The molecule has 0 fully saturated rings. The van der Waals surface area contributed by atoms with E-state index in [2.05, 4.69) is 24.4 Å². The normalized spacial score (nSPS) is 9.19. The Balaban J connectivity index is 0.000000492. The third-order valence-electron chi connectivity index (χ3n) is 4.30. The number of aldehydes is 1. The van der Waals surface area contributed by atoms with Crippen molar-refractivity contribution >= 4 is 6.29 Å². The molecule has 31 heavy (non-hydrogen) atoms. The average molecular weight is 421 g/mol. The van der Waals surface area contributed by atoms with Crippen molar-refractivity contribution in [3.8, 4) is 12.1 Å². The van der Waals surface area contributed by atoms with Gasteiger partial charge in [-0.05, 0) is 80.7 Å². The molecule has 0 saturated carbocycles. The van der Waals surface area contributed by atoms with Gasteiger partial charge in [0.15, 0.2) is 0 Å². The SMILES string of the molecule is CCCC=O.CCCCNCCc1ccc(C#N)cc1.N#Cc1ccc(CCN)cc1. The van der Waals surface area contributed by atoms with Crippen LogP contribution in [-0.2, 0) is 17.6 Å². The number of nitriles is 2. The topological polar surface area (TPSA) is 103 Å². The lowest BCUT2D eigenvalue weighted by molar-refractivity contribution is -0.107. The number of carbonyl (C=O) groups is 1. The molecule has 2 aromatic carbocycles. The standard InChI is InChI=1S/C13H18N2.C9H10N2.C4H8O/c1-2-3-9-15-10-8-12-4-6-13(11-14)7-5-12;10-6-5-8-1-3-9(7-11)4-2-8;1-2-3-4-5/h4-7,15H,2-3,8-10H2,1H3;1-4H,5-6,10H2;4H,2-3H2,1H3. The molecule has 0 bridgehead atoms. The van der Waals surface area contributed by atoms with E-state index in [9.17, 15) is 4.79 Å². The number of rotatable bonds is 10. The zero-order valence-electron chi connectivity index (χ0n) is 18.9. The van der Waals surface area contributed by atoms with Crippen LogP contribution in [0.4, 0.5) is 0 Å². The van der Waals surface area contributed by atoms with E-state index in [1.54, 1.807) is 0 Å². The minimum atomic E-state index is 0.659. The summed E-state index contributed by atoms with van der Waals surface area (Å²) in [7, 11) is 0. The first-order valence-electron chi connectivity index (χ1n) is 11.0. The summed E-state index contributed by atoms with van der Waals surface area (Å²) in [5.41, 5.74) is 9.28. The fourth-order valence-corrected chi connectivity index (χ4v) is 2.44. The lowest BCUT2D eigenvalue weighted by Gasteiger charge is -2.03. The highest BCUT2D eigenvalue weighted by atomic mass is 16.1. The van der Waals surface area contributed by atoms with E-state index in [-0.39, 0.29) is 0 Å². The van der Waals surface area contributed by atoms with Crippen LogP contribution in [0.2, 0.25) is 0 Å². The van der Waals surface area contributed by atoms with Crippen LogP contribution in [0, 0.1) is 22.7 Å². The summed E-state index contributed by atoms with van der Waals surface area (Å²) in [4.78, 5) is 9.40. The molecule has 0 heterocycles. The fourth-order valence-electron chi connectivity index (χ4n) is 2.44. The number of carbonyl (C=O) groups excluding carboxylic acids is 1. The average Bonchev–Trinajstić information content (AvgIpc) is 2.81. The Morgan fingerprint density at radius 2 is 1.35 bits per heavy atom. The number of hydrogen-bond acceptors (Lipinski definition) is 5. The van der Waals surface area contributed by atoms with E-state index in [0.29, 0.717) is 18.5 Å². The second-order valence-corrected chi connectivity index (χ2v) is 6.97. The lowest BCUT2D eigenvalue weighted by atomic mass is 10.1. The first-order chi connectivity index (χ1) is 15.1. The Morgan fingerprint density at radius 1 is 0.839 bits per heavy atom. The Kier molecular flexibility index (Phi) is 18.3. The van der Waals surface area contributed by atoms with Crippen LogP contribution < -0.4 is 11.1 Å². The number of benzene rings is 2. The predicted molar refractivity (Wildman–Crippen MR) is 128 cm³/mol. The van der Waals surface area contributed by atoms with Crippen LogP contribution in [0.25, 0.3) is 0 Å². The Labute approximate surface area is 187 Å². The molecule has 5 heteroatoms. The zero-order chi connectivity index (χ0) is 23.2. The van der Waals surface area contributed by atoms with Crippen molar-refractivity contribution in [2.45, 2.75) is 52.4 Å². The van der Waals surface area contributed by atoms with Crippen molar-refractivity contribution in [2.24, 2.45) is 5.73 Å². The van der Waals surface area contributed by atoms with E-state index in [0.717, 1.165) is 44.2 Å². The molecule has 0 radical (unpaired) electrons. The summed E-state index contributed by atoms with van der Waals surface area (Å²) in [5.74, 6) is 0. The summed E-state index contributed by atoms with van der Waals surface area (Å²) >= 11 is 0. The third-order valence-corrected chi connectivity index (χ3v) is 4.30. The summed E-state index contributed by atoms with van der Waals surface area (Å²) in [6.07, 6.45) is 7.02. The minimum Gasteiger partial charge on any atom is -0.330 e. The Hall–Kier alpha value is -2.99. The maximum Gasteiger partial charge on any atom is 0.119 e. The Morgan fingerprint density at radius 3 is 1.71 bits per heavy atom. The number of nitrogens with zero attached hydrogens (tertiary/aromatic N) is 2. The molecule has 0 atom stereocenters. The van der Waals surface area contributed by atoms with Crippen LogP contribution in [0.3, 0.4) is 0 Å². The van der Waals surface area contributed by atoms with Gasteiger partial charge in [0.1, 0.15) is 6.29 Å². The summed E-state index contributed by atoms with van der Waals surface area (Å²) < 4.78 is 0. The van der Waals surface area contributed by atoms with Crippen LogP contribution in [0.15, 0.2) is 48.5 Å². The van der Waals surface area contributed by atoms with E-state index in [1.807, 2.05) is 55.5 Å². The molecule has 166 valence electrons. The smallest absolute Gasteiger partial charge is 0.119 e. The second-order valence-electron chi connectivity index (χ2n) is 6.97. The zero-order valence-corrected chi connectivity index (χ0v) is 18.9. The van der Waals surface area contributed by atoms with Gasteiger partial charge in [0.2, 0.25) is 0 Å². The van der Waals surface area contributed by atoms with Crippen molar-refractivity contribution in [1.29, 1.82) is 10.5 Å². The third kappa shape index (κ3) is 15.5. The van der Waals surface area contributed by atoms with E-state index in [1.165, 1.54) is 24.0 Å². The van der Waals surface area contributed by atoms with Crippen molar-refractivity contribution in [1.82, 2.24) is 5.32 Å².